The normalized spacial score (nSPS) is 19.8. The quantitative estimate of drug-likeness (QED) is 0.794. The summed E-state index contributed by atoms with van der Waals surface area (Å²) in [5, 5.41) is 12.2. The molecule has 1 saturated carbocycles. The molecule has 2 aromatic rings. The van der Waals surface area contributed by atoms with Gasteiger partial charge >= 0.3 is 0 Å². The summed E-state index contributed by atoms with van der Waals surface area (Å²) in [7, 11) is 0. The van der Waals surface area contributed by atoms with Crippen LogP contribution in [-0.4, -0.2) is 12.5 Å². The fraction of sp³-hybridized carbons (Fsp3) is 0.333. The third-order valence-corrected chi connectivity index (χ3v) is 5.18. The van der Waals surface area contributed by atoms with Crippen LogP contribution in [0.1, 0.15) is 37.2 Å². The topological polar surface area (TPSA) is 52.9 Å². The van der Waals surface area contributed by atoms with Crippen LogP contribution >= 0.6 is 11.6 Å². The molecule has 0 bridgehead atoms. The molecule has 0 aromatic heterocycles. The molecule has 128 valence electrons. The van der Waals surface area contributed by atoms with Crippen LogP contribution in [0, 0.1) is 17.2 Å². The van der Waals surface area contributed by atoms with E-state index in [4.69, 9.17) is 16.9 Å². The predicted molar refractivity (Wildman–Crippen MR) is 100 cm³/mol. The smallest absolute Gasteiger partial charge is 0.224 e. The molecular weight excluding hydrogens is 332 g/mol. The van der Waals surface area contributed by atoms with Gasteiger partial charge in [-0.2, -0.15) is 5.26 Å². The Bertz CT molecular complexity index is 796. The minimum atomic E-state index is -0.0811. The average Bonchev–Trinajstić information content (AvgIpc) is 2.66. The molecule has 3 rings (SSSR count). The van der Waals surface area contributed by atoms with E-state index in [1.807, 2.05) is 36.4 Å². The second-order valence-corrected chi connectivity index (χ2v) is 6.91. The SMILES string of the molecule is N#CCNC(=O)[C@@H]1CCCCC1c1ccccc1-c1cccc(Cl)c1. The zero-order valence-corrected chi connectivity index (χ0v) is 14.8. The molecule has 3 nitrogen and oxygen atoms in total. The van der Waals surface area contributed by atoms with Crippen LogP contribution < -0.4 is 5.32 Å². The number of nitrogens with zero attached hydrogens (tertiary/aromatic N) is 1. The summed E-state index contributed by atoms with van der Waals surface area (Å²) in [6.07, 6.45) is 4.03. The lowest BCUT2D eigenvalue weighted by Crippen LogP contribution is -2.36. The van der Waals surface area contributed by atoms with Gasteiger partial charge in [-0.3, -0.25) is 4.79 Å². The number of nitrogens with one attached hydrogen (secondary N) is 1. The van der Waals surface area contributed by atoms with Crippen molar-refractivity contribution >= 4 is 17.5 Å². The highest BCUT2D eigenvalue weighted by Crippen LogP contribution is 2.42. The Labute approximate surface area is 153 Å². The molecule has 1 aliphatic carbocycles. The van der Waals surface area contributed by atoms with E-state index in [1.54, 1.807) is 0 Å². The van der Waals surface area contributed by atoms with Gasteiger partial charge in [0, 0.05) is 10.9 Å². The Morgan fingerprint density at radius 3 is 2.76 bits per heavy atom. The lowest BCUT2D eigenvalue weighted by atomic mass is 9.73. The van der Waals surface area contributed by atoms with Gasteiger partial charge in [0.2, 0.25) is 5.91 Å². The molecule has 4 heteroatoms. The van der Waals surface area contributed by atoms with Gasteiger partial charge in [-0.25, -0.2) is 0 Å². The summed E-state index contributed by atoms with van der Waals surface area (Å²) in [6, 6.07) is 18.1. The monoisotopic (exact) mass is 352 g/mol. The van der Waals surface area contributed by atoms with Crippen molar-refractivity contribution in [2.24, 2.45) is 5.92 Å². The Morgan fingerprint density at radius 2 is 1.96 bits per heavy atom. The van der Waals surface area contributed by atoms with Gasteiger partial charge in [-0.15, -0.1) is 0 Å². The van der Waals surface area contributed by atoms with Crippen molar-refractivity contribution in [1.29, 1.82) is 5.26 Å². The first-order valence-corrected chi connectivity index (χ1v) is 9.08. The van der Waals surface area contributed by atoms with E-state index in [0.717, 1.165) is 36.8 Å². The van der Waals surface area contributed by atoms with Gasteiger partial charge < -0.3 is 5.32 Å². The van der Waals surface area contributed by atoms with Crippen LogP contribution in [0.4, 0.5) is 0 Å². The van der Waals surface area contributed by atoms with Crippen molar-refractivity contribution < 1.29 is 4.79 Å². The van der Waals surface area contributed by atoms with Crippen molar-refractivity contribution in [3.05, 3.63) is 59.1 Å². The summed E-state index contributed by atoms with van der Waals surface area (Å²) >= 11 is 6.17. The Kier molecular flexibility index (Phi) is 5.73. The number of benzene rings is 2. The molecule has 2 aromatic carbocycles. The standard InChI is InChI=1S/C21H21ClN2O/c22-16-7-5-6-15(14-16)17-8-1-2-9-18(17)19-10-3-4-11-20(19)21(25)24-13-12-23/h1-2,5-9,14,19-20H,3-4,10-11,13H2,(H,24,25)/t19?,20-/m1/s1. The van der Waals surface area contributed by atoms with Gasteiger partial charge in [-0.1, -0.05) is 60.8 Å². The van der Waals surface area contributed by atoms with Crippen LogP contribution in [0.5, 0.6) is 0 Å². The lowest BCUT2D eigenvalue weighted by Gasteiger charge is -2.32. The van der Waals surface area contributed by atoms with Crippen LogP contribution in [-0.2, 0) is 4.79 Å². The highest BCUT2D eigenvalue weighted by atomic mass is 35.5. The van der Waals surface area contributed by atoms with Gasteiger partial charge in [0.05, 0.1) is 6.07 Å². The second kappa shape index (κ2) is 8.18. The number of halogens is 1. The average molecular weight is 353 g/mol. The maximum absolute atomic E-state index is 12.6. The Balaban J connectivity index is 1.97. The highest BCUT2D eigenvalue weighted by Gasteiger charge is 2.33. The summed E-state index contributed by atoms with van der Waals surface area (Å²) in [5.74, 6) is 0.0807. The number of carbonyl (C=O) groups excluding carboxylic acids is 1. The molecule has 2 atom stereocenters. The third-order valence-electron chi connectivity index (χ3n) is 4.94. The summed E-state index contributed by atoms with van der Waals surface area (Å²) in [5.41, 5.74) is 3.40. The molecular formula is C21H21ClN2O. The van der Waals surface area contributed by atoms with Gasteiger partial charge in [0.1, 0.15) is 6.54 Å². The van der Waals surface area contributed by atoms with Crippen molar-refractivity contribution in [3.63, 3.8) is 0 Å². The van der Waals surface area contributed by atoms with E-state index in [0.29, 0.717) is 5.02 Å². The van der Waals surface area contributed by atoms with E-state index in [2.05, 4.69) is 23.5 Å². The third kappa shape index (κ3) is 4.03. The molecule has 1 unspecified atom stereocenters. The molecule has 25 heavy (non-hydrogen) atoms. The minimum Gasteiger partial charge on any atom is -0.343 e. The fourth-order valence-corrected chi connectivity index (χ4v) is 4.00. The minimum absolute atomic E-state index is 0.00727. The second-order valence-electron chi connectivity index (χ2n) is 6.47. The van der Waals surface area contributed by atoms with E-state index >= 15 is 0 Å². The zero-order chi connectivity index (χ0) is 17.6. The molecule has 1 fully saturated rings. The first-order chi connectivity index (χ1) is 12.2. The number of nitriles is 1. The van der Waals surface area contributed by atoms with Crippen LogP contribution in [0.2, 0.25) is 5.02 Å². The lowest BCUT2D eigenvalue weighted by molar-refractivity contribution is -0.126. The Morgan fingerprint density at radius 1 is 1.16 bits per heavy atom. The molecule has 0 heterocycles. The molecule has 0 saturated heterocycles. The summed E-state index contributed by atoms with van der Waals surface area (Å²) < 4.78 is 0. The first kappa shape index (κ1) is 17.5. The van der Waals surface area contributed by atoms with Crippen molar-refractivity contribution in [2.75, 3.05) is 6.54 Å². The highest BCUT2D eigenvalue weighted by molar-refractivity contribution is 6.30. The van der Waals surface area contributed by atoms with Gasteiger partial charge in [0.15, 0.2) is 0 Å². The zero-order valence-electron chi connectivity index (χ0n) is 14.0. The number of hydrogen-bond donors (Lipinski definition) is 1. The Hall–Kier alpha value is -2.31. The van der Waals surface area contributed by atoms with E-state index in [-0.39, 0.29) is 24.3 Å². The van der Waals surface area contributed by atoms with Gasteiger partial charge in [-0.05, 0) is 47.6 Å². The van der Waals surface area contributed by atoms with E-state index in [9.17, 15) is 4.79 Å². The van der Waals surface area contributed by atoms with Crippen LogP contribution in [0.25, 0.3) is 11.1 Å². The number of amides is 1. The molecule has 1 N–H and O–H groups in total. The summed E-state index contributed by atoms with van der Waals surface area (Å²) in [6.45, 7) is 0.0675. The van der Waals surface area contributed by atoms with Crippen LogP contribution in [0.15, 0.2) is 48.5 Å². The molecule has 1 aliphatic rings. The fourth-order valence-electron chi connectivity index (χ4n) is 3.81. The largest absolute Gasteiger partial charge is 0.343 e. The van der Waals surface area contributed by atoms with Crippen molar-refractivity contribution in [2.45, 2.75) is 31.6 Å². The van der Waals surface area contributed by atoms with E-state index < -0.39 is 0 Å². The van der Waals surface area contributed by atoms with Crippen LogP contribution in [0.3, 0.4) is 0 Å². The number of carbonyl (C=O) groups is 1. The maximum atomic E-state index is 12.6. The predicted octanol–water partition coefficient (Wildman–Crippen LogP) is 4.92. The van der Waals surface area contributed by atoms with Crippen molar-refractivity contribution in [1.82, 2.24) is 5.32 Å². The van der Waals surface area contributed by atoms with Gasteiger partial charge in [0.25, 0.3) is 0 Å². The molecule has 0 aliphatic heterocycles. The van der Waals surface area contributed by atoms with E-state index in [1.165, 1.54) is 5.56 Å². The first-order valence-electron chi connectivity index (χ1n) is 8.70. The number of hydrogen-bond acceptors (Lipinski definition) is 2. The maximum Gasteiger partial charge on any atom is 0.224 e. The summed E-state index contributed by atoms with van der Waals surface area (Å²) in [4.78, 5) is 12.6. The van der Waals surface area contributed by atoms with Crippen molar-refractivity contribution in [3.8, 4) is 17.2 Å². The molecule has 1 amide bonds. The number of rotatable bonds is 4. The molecule has 0 radical (unpaired) electrons. The molecule has 0 spiro atoms.